The maximum Gasteiger partial charge on any atom is 0.251 e. The van der Waals surface area contributed by atoms with Crippen LogP contribution in [0.15, 0.2) is 42.5 Å². The number of hydrogen-bond donors (Lipinski definition) is 1. The standard InChI is InChI=1S/C18H19NO5/c1-2-21-14-5-3-13(4-6-14)18(20)19-9-10-22-15-7-8-16-17(11-15)24-12-23-16/h3-8,11H,2,9-10,12H2,1H3,(H,19,20). The smallest absolute Gasteiger partial charge is 0.251 e. The normalized spacial score (nSPS) is 11.9. The number of amides is 1. The largest absolute Gasteiger partial charge is 0.494 e. The second kappa shape index (κ2) is 7.59. The summed E-state index contributed by atoms with van der Waals surface area (Å²) in [5, 5.41) is 2.81. The van der Waals surface area contributed by atoms with Crippen molar-refractivity contribution in [3.05, 3.63) is 48.0 Å². The van der Waals surface area contributed by atoms with Crippen LogP contribution in [0.4, 0.5) is 0 Å². The van der Waals surface area contributed by atoms with Crippen molar-refractivity contribution < 1.29 is 23.7 Å². The molecule has 1 aliphatic rings. The quantitative estimate of drug-likeness (QED) is 0.791. The molecule has 0 saturated carbocycles. The molecule has 2 aromatic carbocycles. The molecule has 1 amide bonds. The van der Waals surface area contributed by atoms with Gasteiger partial charge in [-0.15, -0.1) is 0 Å². The first-order valence-corrected chi connectivity index (χ1v) is 7.80. The Kier molecular flexibility index (Phi) is 5.05. The van der Waals surface area contributed by atoms with Crippen LogP contribution in [-0.2, 0) is 0 Å². The van der Waals surface area contributed by atoms with Crippen LogP contribution in [0.1, 0.15) is 17.3 Å². The summed E-state index contributed by atoms with van der Waals surface area (Å²) in [6.45, 7) is 3.52. The van der Waals surface area contributed by atoms with Gasteiger partial charge in [-0.3, -0.25) is 4.79 Å². The highest BCUT2D eigenvalue weighted by molar-refractivity contribution is 5.94. The van der Waals surface area contributed by atoms with Gasteiger partial charge >= 0.3 is 0 Å². The van der Waals surface area contributed by atoms with E-state index in [1.807, 2.05) is 13.0 Å². The first-order chi connectivity index (χ1) is 11.8. The molecule has 0 spiro atoms. The number of ether oxygens (including phenoxy) is 4. The van der Waals surface area contributed by atoms with Crippen LogP contribution in [0.25, 0.3) is 0 Å². The summed E-state index contributed by atoms with van der Waals surface area (Å²) in [5.41, 5.74) is 0.585. The van der Waals surface area contributed by atoms with Crippen molar-refractivity contribution in [1.82, 2.24) is 5.32 Å². The van der Waals surface area contributed by atoms with Gasteiger partial charge in [0.05, 0.1) is 13.2 Å². The minimum atomic E-state index is -0.146. The van der Waals surface area contributed by atoms with Gasteiger partial charge in [0, 0.05) is 11.6 Å². The Morgan fingerprint density at radius 1 is 1.04 bits per heavy atom. The van der Waals surface area contributed by atoms with Crippen molar-refractivity contribution in [3.8, 4) is 23.0 Å². The number of benzene rings is 2. The zero-order valence-electron chi connectivity index (χ0n) is 13.4. The van der Waals surface area contributed by atoms with Gasteiger partial charge in [-0.25, -0.2) is 0 Å². The van der Waals surface area contributed by atoms with E-state index in [1.165, 1.54) is 0 Å². The van der Waals surface area contributed by atoms with Crippen molar-refractivity contribution in [3.63, 3.8) is 0 Å². The Morgan fingerprint density at radius 2 is 1.79 bits per heavy atom. The summed E-state index contributed by atoms with van der Waals surface area (Å²) in [5.74, 6) is 2.67. The Hall–Kier alpha value is -2.89. The zero-order chi connectivity index (χ0) is 16.8. The van der Waals surface area contributed by atoms with E-state index in [0.29, 0.717) is 42.6 Å². The lowest BCUT2D eigenvalue weighted by molar-refractivity contribution is 0.0947. The van der Waals surface area contributed by atoms with Gasteiger partial charge in [-0.05, 0) is 43.3 Å². The molecule has 0 aliphatic carbocycles. The lowest BCUT2D eigenvalue weighted by atomic mass is 10.2. The molecule has 6 heteroatoms. The van der Waals surface area contributed by atoms with E-state index >= 15 is 0 Å². The summed E-state index contributed by atoms with van der Waals surface area (Å²) in [6, 6.07) is 12.4. The van der Waals surface area contributed by atoms with E-state index in [-0.39, 0.29) is 12.7 Å². The van der Waals surface area contributed by atoms with Gasteiger partial charge in [0.1, 0.15) is 18.1 Å². The molecule has 1 N–H and O–H groups in total. The minimum Gasteiger partial charge on any atom is -0.494 e. The van der Waals surface area contributed by atoms with Crippen molar-refractivity contribution >= 4 is 5.91 Å². The van der Waals surface area contributed by atoms with Crippen molar-refractivity contribution in [2.75, 3.05) is 26.6 Å². The third kappa shape index (κ3) is 3.90. The van der Waals surface area contributed by atoms with E-state index in [9.17, 15) is 4.79 Å². The molecule has 0 saturated heterocycles. The average Bonchev–Trinajstić information content (AvgIpc) is 3.07. The number of fused-ring (bicyclic) bond motifs is 1. The first kappa shape index (κ1) is 16.0. The van der Waals surface area contributed by atoms with Crippen LogP contribution in [0.2, 0.25) is 0 Å². The van der Waals surface area contributed by atoms with Crippen LogP contribution in [0.3, 0.4) is 0 Å². The summed E-state index contributed by atoms with van der Waals surface area (Å²) in [6.07, 6.45) is 0. The molecule has 0 aromatic heterocycles. The van der Waals surface area contributed by atoms with Crippen LogP contribution < -0.4 is 24.3 Å². The number of nitrogens with one attached hydrogen (secondary N) is 1. The maximum atomic E-state index is 12.0. The van der Waals surface area contributed by atoms with E-state index < -0.39 is 0 Å². The molecule has 3 rings (SSSR count). The number of carbonyl (C=O) groups excluding carboxylic acids is 1. The maximum absolute atomic E-state index is 12.0. The molecular weight excluding hydrogens is 310 g/mol. The summed E-state index contributed by atoms with van der Waals surface area (Å²) < 4.78 is 21.5. The molecule has 126 valence electrons. The molecule has 24 heavy (non-hydrogen) atoms. The summed E-state index contributed by atoms with van der Waals surface area (Å²) in [4.78, 5) is 12.0. The van der Waals surface area contributed by atoms with Crippen molar-refractivity contribution in [2.45, 2.75) is 6.92 Å². The Morgan fingerprint density at radius 3 is 2.58 bits per heavy atom. The van der Waals surface area contributed by atoms with E-state index in [4.69, 9.17) is 18.9 Å². The van der Waals surface area contributed by atoms with Crippen molar-refractivity contribution in [2.24, 2.45) is 0 Å². The SMILES string of the molecule is CCOc1ccc(C(=O)NCCOc2ccc3c(c2)OCO3)cc1. The highest BCUT2D eigenvalue weighted by atomic mass is 16.7. The highest BCUT2D eigenvalue weighted by Crippen LogP contribution is 2.34. The Balaban J connectivity index is 1.43. The molecule has 6 nitrogen and oxygen atoms in total. The molecule has 1 aliphatic heterocycles. The minimum absolute atomic E-state index is 0.146. The average molecular weight is 329 g/mol. The molecule has 0 atom stereocenters. The highest BCUT2D eigenvalue weighted by Gasteiger charge is 2.13. The van der Waals surface area contributed by atoms with Gasteiger partial charge in [0.2, 0.25) is 6.79 Å². The third-order valence-corrected chi connectivity index (χ3v) is 3.43. The topological polar surface area (TPSA) is 66.0 Å². The summed E-state index contributed by atoms with van der Waals surface area (Å²) in [7, 11) is 0. The van der Waals surface area contributed by atoms with E-state index in [0.717, 1.165) is 5.75 Å². The van der Waals surface area contributed by atoms with Gasteiger partial charge in [0.15, 0.2) is 11.5 Å². The van der Waals surface area contributed by atoms with E-state index in [1.54, 1.807) is 36.4 Å². The molecular formula is C18H19NO5. The number of hydrogen-bond acceptors (Lipinski definition) is 5. The fourth-order valence-electron chi connectivity index (χ4n) is 2.27. The monoisotopic (exact) mass is 329 g/mol. The predicted octanol–water partition coefficient (Wildman–Crippen LogP) is 2.62. The molecule has 0 bridgehead atoms. The van der Waals surface area contributed by atoms with Crippen LogP contribution in [-0.4, -0.2) is 32.5 Å². The molecule has 0 radical (unpaired) electrons. The number of rotatable bonds is 7. The molecule has 0 unspecified atom stereocenters. The van der Waals surface area contributed by atoms with Crippen LogP contribution >= 0.6 is 0 Å². The molecule has 0 fully saturated rings. The summed E-state index contributed by atoms with van der Waals surface area (Å²) >= 11 is 0. The Labute approximate surface area is 140 Å². The predicted molar refractivity (Wildman–Crippen MR) is 88.0 cm³/mol. The lowest BCUT2D eigenvalue weighted by Crippen LogP contribution is -2.28. The molecule has 2 aromatic rings. The fraction of sp³-hybridized carbons (Fsp3) is 0.278. The third-order valence-electron chi connectivity index (χ3n) is 3.43. The van der Waals surface area contributed by atoms with Crippen LogP contribution in [0.5, 0.6) is 23.0 Å². The van der Waals surface area contributed by atoms with Crippen molar-refractivity contribution in [1.29, 1.82) is 0 Å². The lowest BCUT2D eigenvalue weighted by Gasteiger charge is -2.09. The molecule has 1 heterocycles. The van der Waals surface area contributed by atoms with Gasteiger partial charge < -0.3 is 24.3 Å². The number of carbonyl (C=O) groups is 1. The first-order valence-electron chi connectivity index (χ1n) is 7.80. The Bertz CT molecular complexity index is 699. The fourth-order valence-corrected chi connectivity index (χ4v) is 2.27. The van der Waals surface area contributed by atoms with Gasteiger partial charge in [-0.2, -0.15) is 0 Å². The second-order valence-electron chi connectivity index (χ2n) is 5.08. The van der Waals surface area contributed by atoms with E-state index in [2.05, 4.69) is 5.32 Å². The second-order valence-corrected chi connectivity index (χ2v) is 5.08. The van der Waals surface area contributed by atoms with Crippen LogP contribution in [0, 0.1) is 0 Å². The van der Waals surface area contributed by atoms with Gasteiger partial charge in [-0.1, -0.05) is 0 Å². The zero-order valence-corrected chi connectivity index (χ0v) is 13.4. The van der Waals surface area contributed by atoms with Gasteiger partial charge in [0.25, 0.3) is 5.91 Å².